The van der Waals surface area contributed by atoms with E-state index >= 15 is 0 Å². The molecule has 0 aromatic heterocycles. The van der Waals surface area contributed by atoms with E-state index < -0.39 is 16.9 Å². The SMILES string of the molecule is CCOC(=O)C[C@H](N)c1cc2c(cc1[N+](=O)[O-])OCO2. The molecule has 0 saturated carbocycles. The summed E-state index contributed by atoms with van der Waals surface area (Å²) >= 11 is 0. The molecule has 1 aromatic carbocycles. The molecule has 1 aromatic rings. The van der Waals surface area contributed by atoms with Crippen LogP contribution in [0.25, 0.3) is 0 Å². The molecule has 1 aliphatic heterocycles. The zero-order chi connectivity index (χ0) is 14.7. The van der Waals surface area contributed by atoms with Crippen molar-refractivity contribution in [2.45, 2.75) is 19.4 Å². The normalized spacial score (nSPS) is 13.9. The molecule has 2 N–H and O–H groups in total. The van der Waals surface area contributed by atoms with Crippen molar-refractivity contribution in [3.63, 3.8) is 0 Å². The third kappa shape index (κ3) is 2.80. The molecule has 1 atom stereocenters. The Morgan fingerprint density at radius 2 is 2.15 bits per heavy atom. The van der Waals surface area contributed by atoms with Crippen molar-refractivity contribution >= 4 is 11.7 Å². The van der Waals surface area contributed by atoms with E-state index in [1.807, 2.05) is 0 Å². The quantitative estimate of drug-likeness (QED) is 0.491. The van der Waals surface area contributed by atoms with Gasteiger partial charge >= 0.3 is 5.97 Å². The number of carbonyl (C=O) groups is 1. The molecule has 0 unspecified atom stereocenters. The minimum Gasteiger partial charge on any atom is -0.466 e. The van der Waals surface area contributed by atoms with Crippen LogP contribution in [-0.4, -0.2) is 24.3 Å². The summed E-state index contributed by atoms with van der Waals surface area (Å²) in [4.78, 5) is 21.9. The van der Waals surface area contributed by atoms with Gasteiger partial charge in [-0.3, -0.25) is 14.9 Å². The molecule has 0 fully saturated rings. The number of benzene rings is 1. The minimum atomic E-state index is -0.844. The highest BCUT2D eigenvalue weighted by Crippen LogP contribution is 2.40. The van der Waals surface area contributed by atoms with E-state index in [0.717, 1.165) is 0 Å². The molecular formula is C12H14N2O6. The first kappa shape index (κ1) is 14.1. The second-order valence-corrected chi connectivity index (χ2v) is 4.14. The Balaban J connectivity index is 2.29. The number of nitro benzene ring substituents is 1. The maximum absolute atomic E-state index is 11.4. The molecule has 0 saturated heterocycles. The van der Waals surface area contributed by atoms with Crippen molar-refractivity contribution in [1.82, 2.24) is 0 Å². The Kier molecular flexibility index (Phi) is 4.04. The largest absolute Gasteiger partial charge is 0.466 e. The molecule has 108 valence electrons. The zero-order valence-electron chi connectivity index (χ0n) is 10.8. The van der Waals surface area contributed by atoms with Crippen LogP contribution >= 0.6 is 0 Å². The highest BCUT2D eigenvalue weighted by molar-refractivity contribution is 5.71. The summed E-state index contributed by atoms with van der Waals surface area (Å²) in [5.74, 6) is 0.167. The lowest BCUT2D eigenvalue weighted by molar-refractivity contribution is -0.385. The Hall–Kier alpha value is -2.35. The molecule has 0 aliphatic carbocycles. The number of nitrogens with zero attached hydrogens (tertiary/aromatic N) is 1. The number of ether oxygens (including phenoxy) is 3. The summed E-state index contributed by atoms with van der Waals surface area (Å²) in [5, 5.41) is 11.1. The fourth-order valence-electron chi connectivity index (χ4n) is 1.91. The number of fused-ring (bicyclic) bond motifs is 1. The lowest BCUT2D eigenvalue weighted by atomic mass is 10.0. The van der Waals surface area contributed by atoms with E-state index in [2.05, 4.69) is 0 Å². The molecule has 8 nitrogen and oxygen atoms in total. The zero-order valence-corrected chi connectivity index (χ0v) is 10.8. The standard InChI is InChI=1S/C12H14N2O6/c1-2-18-12(15)4-8(13)7-3-10-11(20-6-19-10)5-9(7)14(16)17/h3,5,8H,2,4,6,13H2,1H3/t8-/m0/s1. The maximum Gasteiger partial charge on any atom is 0.307 e. The first-order valence-corrected chi connectivity index (χ1v) is 6.02. The van der Waals surface area contributed by atoms with Crippen molar-refractivity contribution in [1.29, 1.82) is 0 Å². The monoisotopic (exact) mass is 282 g/mol. The molecule has 2 rings (SSSR count). The molecule has 20 heavy (non-hydrogen) atoms. The number of rotatable bonds is 5. The van der Waals surface area contributed by atoms with Crippen LogP contribution in [0.4, 0.5) is 5.69 Å². The van der Waals surface area contributed by atoms with Gasteiger partial charge in [-0.05, 0) is 13.0 Å². The van der Waals surface area contributed by atoms with Gasteiger partial charge in [0.25, 0.3) is 5.69 Å². The molecule has 0 bridgehead atoms. The van der Waals surface area contributed by atoms with E-state index in [-0.39, 0.29) is 31.1 Å². The van der Waals surface area contributed by atoms with Crippen LogP contribution in [0, 0.1) is 10.1 Å². The molecular weight excluding hydrogens is 268 g/mol. The molecule has 0 radical (unpaired) electrons. The van der Waals surface area contributed by atoms with Crippen molar-refractivity contribution < 1.29 is 23.9 Å². The molecule has 1 aliphatic rings. The first-order valence-electron chi connectivity index (χ1n) is 6.02. The highest BCUT2D eigenvalue weighted by atomic mass is 16.7. The highest BCUT2D eigenvalue weighted by Gasteiger charge is 2.27. The lowest BCUT2D eigenvalue weighted by Gasteiger charge is -2.12. The first-order chi connectivity index (χ1) is 9.52. The van der Waals surface area contributed by atoms with Crippen LogP contribution < -0.4 is 15.2 Å². The molecule has 8 heteroatoms. The van der Waals surface area contributed by atoms with E-state index in [4.69, 9.17) is 19.9 Å². The molecule has 0 amide bonds. The summed E-state index contributed by atoms with van der Waals surface area (Å²) < 4.78 is 15.0. The topological polar surface area (TPSA) is 114 Å². The van der Waals surface area contributed by atoms with Crippen LogP contribution in [0.5, 0.6) is 11.5 Å². The van der Waals surface area contributed by atoms with Crippen molar-refractivity contribution in [2.75, 3.05) is 13.4 Å². The number of esters is 1. The van der Waals surface area contributed by atoms with Crippen molar-refractivity contribution in [3.8, 4) is 11.5 Å². The summed E-state index contributed by atoms with van der Waals surface area (Å²) in [6.07, 6.45) is -0.145. The second-order valence-electron chi connectivity index (χ2n) is 4.14. The Morgan fingerprint density at radius 1 is 1.50 bits per heavy atom. The van der Waals surface area contributed by atoms with E-state index in [1.165, 1.54) is 12.1 Å². The number of nitro groups is 1. The summed E-state index contributed by atoms with van der Waals surface area (Å²) in [6.45, 7) is 1.91. The van der Waals surface area contributed by atoms with Gasteiger partial charge in [0.05, 0.1) is 29.6 Å². The van der Waals surface area contributed by atoms with Gasteiger partial charge in [0.1, 0.15) is 0 Å². The smallest absolute Gasteiger partial charge is 0.307 e. The van der Waals surface area contributed by atoms with Crippen LogP contribution in [0.1, 0.15) is 24.9 Å². The average molecular weight is 282 g/mol. The van der Waals surface area contributed by atoms with Gasteiger partial charge in [0.15, 0.2) is 11.5 Å². The number of nitrogens with two attached hydrogens (primary N) is 1. The van der Waals surface area contributed by atoms with Gasteiger partial charge in [-0.25, -0.2) is 0 Å². The number of hydrogen-bond acceptors (Lipinski definition) is 7. The van der Waals surface area contributed by atoms with E-state index in [0.29, 0.717) is 11.5 Å². The summed E-state index contributed by atoms with van der Waals surface area (Å²) in [7, 11) is 0. The van der Waals surface area contributed by atoms with Crippen LogP contribution in [0.15, 0.2) is 12.1 Å². The fourth-order valence-corrected chi connectivity index (χ4v) is 1.91. The lowest BCUT2D eigenvalue weighted by Crippen LogP contribution is -2.18. The predicted octanol–water partition coefficient (Wildman–Crippen LogP) is 1.28. The van der Waals surface area contributed by atoms with Gasteiger partial charge in [0, 0.05) is 6.04 Å². The number of carbonyl (C=O) groups excluding carboxylic acids is 1. The molecule has 1 heterocycles. The third-order valence-corrected chi connectivity index (χ3v) is 2.81. The third-order valence-electron chi connectivity index (χ3n) is 2.81. The average Bonchev–Trinajstić information content (AvgIpc) is 2.84. The molecule has 0 spiro atoms. The van der Waals surface area contributed by atoms with Crippen LogP contribution in [0.2, 0.25) is 0 Å². The summed E-state index contributed by atoms with van der Waals surface area (Å²) in [5.41, 5.74) is 5.87. The van der Waals surface area contributed by atoms with Gasteiger partial charge in [0.2, 0.25) is 6.79 Å². The second kappa shape index (κ2) is 5.74. The Labute approximate surface area is 114 Å². The predicted molar refractivity (Wildman–Crippen MR) is 67.4 cm³/mol. The van der Waals surface area contributed by atoms with Gasteiger partial charge in [-0.2, -0.15) is 0 Å². The van der Waals surface area contributed by atoms with Gasteiger partial charge < -0.3 is 19.9 Å². The maximum atomic E-state index is 11.4. The fraction of sp³-hybridized carbons (Fsp3) is 0.417. The van der Waals surface area contributed by atoms with E-state index in [1.54, 1.807) is 6.92 Å². The Bertz CT molecular complexity index is 545. The van der Waals surface area contributed by atoms with Crippen molar-refractivity contribution in [2.24, 2.45) is 5.73 Å². The Morgan fingerprint density at radius 3 is 2.75 bits per heavy atom. The van der Waals surface area contributed by atoms with Crippen LogP contribution in [0.3, 0.4) is 0 Å². The minimum absolute atomic E-state index is 0.00303. The van der Waals surface area contributed by atoms with Gasteiger partial charge in [-0.1, -0.05) is 0 Å². The van der Waals surface area contributed by atoms with Gasteiger partial charge in [-0.15, -0.1) is 0 Å². The number of hydrogen-bond donors (Lipinski definition) is 1. The van der Waals surface area contributed by atoms with Crippen LogP contribution in [-0.2, 0) is 9.53 Å². The summed E-state index contributed by atoms with van der Waals surface area (Å²) in [6, 6.07) is 1.84. The van der Waals surface area contributed by atoms with Crippen molar-refractivity contribution in [3.05, 3.63) is 27.8 Å². The van der Waals surface area contributed by atoms with E-state index in [9.17, 15) is 14.9 Å².